The average molecular weight is 471 g/mol. The zero-order valence-electron chi connectivity index (χ0n) is 17.5. The van der Waals surface area contributed by atoms with Crippen LogP contribution < -0.4 is 11.4 Å². The first kappa shape index (κ1) is 23.1. The lowest BCUT2D eigenvalue weighted by atomic mass is 10.1. The molecule has 0 radical (unpaired) electrons. The van der Waals surface area contributed by atoms with Crippen molar-refractivity contribution >= 4 is 17.8 Å². The summed E-state index contributed by atoms with van der Waals surface area (Å²) >= 11 is 0. The number of anilines is 1. The van der Waals surface area contributed by atoms with Crippen LogP contribution in [0.1, 0.15) is 26.9 Å². The molecule has 176 valence electrons. The Morgan fingerprint density at radius 3 is 2.18 bits per heavy atom. The van der Waals surface area contributed by atoms with Crippen LogP contribution in [0.25, 0.3) is 0 Å². The summed E-state index contributed by atoms with van der Waals surface area (Å²) < 4.78 is 47.1. The first-order valence-electron chi connectivity index (χ1n) is 10.1. The molecule has 1 fully saturated rings. The van der Waals surface area contributed by atoms with Gasteiger partial charge < -0.3 is 19.9 Å². The zero-order chi connectivity index (χ0) is 24.3. The molecule has 1 saturated heterocycles. The number of carbonyl (C=O) groups excluding carboxylic acids is 2. The maximum atomic E-state index is 15.5. The molecule has 2 heterocycles. The predicted octanol–water partition coefficient (Wildman–Crippen LogP) is 2.44. The van der Waals surface area contributed by atoms with Gasteiger partial charge in [0.2, 0.25) is 6.23 Å². The highest BCUT2D eigenvalue weighted by Gasteiger charge is 2.62. The van der Waals surface area contributed by atoms with E-state index in [0.717, 1.165) is 12.3 Å². The van der Waals surface area contributed by atoms with Gasteiger partial charge in [-0.15, -0.1) is 0 Å². The Balaban J connectivity index is 1.61. The third kappa shape index (κ3) is 4.64. The molecule has 0 amide bonds. The molecule has 4 rings (SSSR count). The van der Waals surface area contributed by atoms with Gasteiger partial charge in [0.15, 0.2) is 6.10 Å². The number of nitrogens with zero attached hydrogens (tertiary/aromatic N) is 2. The van der Waals surface area contributed by atoms with E-state index in [-0.39, 0.29) is 16.9 Å². The number of halogens is 2. The lowest BCUT2D eigenvalue weighted by Gasteiger charge is -2.24. The van der Waals surface area contributed by atoms with E-state index < -0.39 is 48.6 Å². The van der Waals surface area contributed by atoms with Gasteiger partial charge in [0.1, 0.15) is 18.5 Å². The molecule has 34 heavy (non-hydrogen) atoms. The average Bonchev–Trinajstić information content (AvgIpc) is 3.08. The minimum atomic E-state index is -3.88. The number of hydrogen-bond donors (Lipinski definition) is 1. The number of hydrogen-bond acceptors (Lipinski definition) is 8. The third-order valence-electron chi connectivity index (χ3n) is 5.09. The second-order valence-electron chi connectivity index (χ2n) is 7.40. The SMILES string of the molecule is Nc1ccn([C@@H]2O[C@@H](COC(=O)c3ccccc3)[C@@H](OC(=O)c3ccccc3)C2(F)F)c(=O)n1. The standard InChI is InChI=1S/C23H19F2N3O6/c24-23(25)18(34-20(30)15-9-5-2-6-10-15)16(13-32-19(29)14-7-3-1-4-8-14)33-21(23)28-12-11-17(26)27-22(28)31/h1-12,16,18,21H,13H2,(H2,26,27,31)/t16-,18+,21+/m0/s1. The number of aromatic nitrogens is 2. The van der Waals surface area contributed by atoms with Crippen molar-refractivity contribution in [1.29, 1.82) is 0 Å². The highest BCUT2D eigenvalue weighted by molar-refractivity contribution is 5.90. The fraction of sp³-hybridized carbons (Fsp3) is 0.217. The van der Waals surface area contributed by atoms with E-state index in [4.69, 9.17) is 19.9 Å². The molecule has 1 aliphatic heterocycles. The summed E-state index contributed by atoms with van der Waals surface area (Å²) in [6.07, 6.45) is -4.93. The van der Waals surface area contributed by atoms with Crippen LogP contribution >= 0.6 is 0 Å². The molecule has 0 spiro atoms. The van der Waals surface area contributed by atoms with Crippen LogP contribution in [0, 0.1) is 0 Å². The van der Waals surface area contributed by atoms with Crippen LogP contribution in [0.2, 0.25) is 0 Å². The van der Waals surface area contributed by atoms with Crippen molar-refractivity contribution < 1.29 is 32.6 Å². The van der Waals surface area contributed by atoms with Crippen LogP contribution in [0.5, 0.6) is 0 Å². The van der Waals surface area contributed by atoms with Crippen LogP contribution in [-0.4, -0.2) is 46.2 Å². The quantitative estimate of drug-likeness (QED) is 0.544. The molecular formula is C23H19F2N3O6. The van der Waals surface area contributed by atoms with Crippen LogP contribution in [-0.2, 0) is 14.2 Å². The molecule has 0 bridgehead atoms. The second-order valence-corrected chi connectivity index (χ2v) is 7.40. The fourth-order valence-electron chi connectivity index (χ4n) is 3.43. The van der Waals surface area contributed by atoms with Crippen LogP contribution in [0.15, 0.2) is 77.7 Å². The minimum absolute atomic E-state index is 0.0353. The van der Waals surface area contributed by atoms with Crippen molar-refractivity contribution in [3.8, 4) is 0 Å². The Morgan fingerprint density at radius 1 is 1.00 bits per heavy atom. The summed E-state index contributed by atoms with van der Waals surface area (Å²) in [6.45, 7) is -0.663. The molecule has 1 aliphatic rings. The number of nitrogens with two attached hydrogens (primary N) is 1. The van der Waals surface area contributed by atoms with E-state index >= 15 is 8.78 Å². The Kier molecular flexibility index (Phi) is 6.37. The fourth-order valence-corrected chi connectivity index (χ4v) is 3.43. The van der Waals surface area contributed by atoms with Gasteiger partial charge in [-0.25, -0.2) is 14.4 Å². The lowest BCUT2D eigenvalue weighted by molar-refractivity contribution is -0.142. The van der Waals surface area contributed by atoms with E-state index in [1.54, 1.807) is 36.4 Å². The number of carbonyl (C=O) groups is 2. The van der Waals surface area contributed by atoms with Crippen molar-refractivity contribution in [2.45, 2.75) is 24.4 Å². The Hall–Kier alpha value is -4.12. The van der Waals surface area contributed by atoms with Gasteiger partial charge in [-0.05, 0) is 30.3 Å². The van der Waals surface area contributed by atoms with E-state index in [1.165, 1.54) is 24.3 Å². The summed E-state index contributed by atoms with van der Waals surface area (Å²) in [5, 5.41) is 0. The van der Waals surface area contributed by atoms with E-state index in [9.17, 15) is 14.4 Å². The second kappa shape index (κ2) is 9.40. The summed E-state index contributed by atoms with van der Waals surface area (Å²) in [4.78, 5) is 40.5. The molecule has 11 heteroatoms. The molecule has 3 aromatic rings. The Labute approximate surface area is 191 Å². The number of benzene rings is 2. The van der Waals surface area contributed by atoms with Crippen LogP contribution in [0.4, 0.5) is 14.6 Å². The Morgan fingerprint density at radius 2 is 1.59 bits per heavy atom. The first-order chi connectivity index (χ1) is 16.3. The van der Waals surface area contributed by atoms with Crippen molar-refractivity contribution in [3.05, 3.63) is 94.5 Å². The minimum Gasteiger partial charge on any atom is -0.459 e. The van der Waals surface area contributed by atoms with E-state index in [1.807, 2.05) is 0 Å². The van der Waals surface area contributed by atoms with Gasteiger partial charge in [0.25, 0.3) is 0 Å². The molecule has 9 nitrogen and oxygen atoms in total. The summed E-state index contributed by atoms with van der Waals surface area (Å²) in [7, 11) is 0. The van der Waals surface area contributed by atoms with Gasteiger partial charge in [-0.3, -0.25) is 4.57 Å². The lowest BCUT2D eigenvalue weighted by Crippen LogP contribution is -2.44. The van der Waals surface area contributed by atoms with Gasteiger partial charge in [0, 0.05) is 6.20 Å². The van der Waals surface area contributed by atoms with Crippen molar-refractivity contribution in [2.75, 3.05) is 12.3 Å². The number of ether oxygens (including phenoxy) is 3. The van der Waals surface area contributed by atoms with Crippen molar-refractivity contribution in [1.82, 2.24) is 9.55 Å². The summed E-state index contributed by atoms with van der Waals surface area (Å²) in [5.74, 6) is -5.86. The van der Waals surface area contributed by atoms with Crippen molar-refractivity contribution in [3.63, 3.8) is 0 Å². The van der Waals surface area contributed by atoms with Gasteiger partial charge in [0.05, 0.1) is 11.1 Å². The summed E-state index contributed by atoms with van der Waals surface area (Å²) in [5.41, 5.74) is 4.58. The number of rotatable bonds is 6. The topological polar surface area (TPSA) is 123 Å². The molecule has 1 aromatic heterocycles. The van der Waals surface area contributed by atoms with E-state index in [2.05, 4.69) is 4.98 Å². The molecular weight excluding hydrogens is 452 g/mol. The molecule has 3 atom stereocenters. The molecule has 0 aliphatic carbocycles. The monoisotopic (exact) mass is 471 g/mol. The molecule has 0 unspecified atom stereocenters. The zero-order valence-corrected chi connectivity index (χ0v) is 17.5. The van der Waals surface area contributed by atoms with Gasteiger partial charge in [-0.1, -0.05) is 36.4 Å². The predicted molar refractivity (Wildman–Crippen MR) is 114 cm³/mol. The van der Waals surface area contributed by atoms with Crippen LogP contribution in [0.3, 0.4) is 0 Å². The number of esters is 2. The first-order valence-corrected chi connectivity index (χ1v) is 10.1. The van der Waals surface area contributed by atoms with Gasteiger partial charge >= 0.3 is 23.6 Å². The molecule has 2 N–H and O–H groups in total. The summed E-state index contributed by atoms with van der Waals surface area (Å²) in [6, 6.07) is 16.6. The Bertz CT molecular complexity index is 1240. The van der Waals surface area contributed by atoms with Crippen molar-refractivity contribution in [2.24, 2.45) is 0 Å². The highest BCUT2D eigenvalue weighted by atomic mass is 19.3. The number of alkyl halides is 2. The normalized spacial score (nSPS) is 21.1. The van der Waals surface area contributed by atoms with Gasteiger partial charge in [-0.2, -0.15) is 13.8 Å². The number of nitrogen functional groups attached to an aromatic ring is 1. The maximum absolute atomic E-state index is 15.5. The molecule has 0 saturated carbocycles. The van der Waals surface area contributed by atoms with E-state index in [0.29, 0.717) is 4.57 Å². The smallest absolute Gasteiger partial charge is 0.351 e. The maximum Gasteiger partial charge on any atom is 0.351 e. The largest absolute Gasteiger partial charge is 0.459 e. The highest BCUT2D eigenvalue weighted by Crippen LogP contribution is 2.44. The third-order valence-corrected chi connectivity index (χ3v) is 5.09. The molecule has 2 aromatic carbocycles.